The minimum absolute atomic E-state index is 0.0742. The number of ether oxygens (including phenoxy) is 3. The van der Waals surface area contributed by atoms with Gasteiger partial charge in [-0.3, -0.25) is 9.59 Å². The first kappa shape index (κ1) is 59.3. The summed E-state index contributed by atoms with van der Waals surface area (Å²) in [5.74, 6) is -0.417. The third-order valence-corrected chi connectivity index (χ3v) is 11.2. The van der Waals surface area contributed by atoms with Crippen LogP contribution in [0.2, 0.25) is 0 Å². The molecule has 0 amide bonds. The normalized spacial score (nSPS) is 12.8. The number of carbonyl (C=O) groups excluding carboxylic acids is 2. The summed E-state index contributed by atoms with van der Waals surface area (Å²) in [6.07, 6.45) is 67.6. The Kier molecular flexibility index (Phi) is 50.4. The lowest BCUT2D eigenvalue weighted by Gasteiger charge is -2.18. The fourth-order valence-corrected chi connectivity index (χ4v) is 7.30. The van der Waals surface area contributed by atoms with Crippen molar-refractivity contribution >= 4 is 11.9 Å². The zero-order valence-corrected chi connectivity index (χ0v) is 41.1. The topological polar surface area (TPSA) is 61.8 Å². The van der Waals surface area contributed by atoms with E-state index in [2.05, 4.69) is 93.7 Å². The first-order valence-electron chi connectivity index (χ1n) is 26.5. The number of unbranched alkanes of at least 4 members (excludes halogenated alkanes) is 25. The van der Waals surface area contributed by atoms with Crippen LogP contribution in [0.3, 0.4) is 0 Å². The average Bonchev–Trinajstić information content (AvgIpc) is 3.27. The van der Waals surface area contributed by atoms with Gasteiger partial charge >= 0.3 is 11.9 Å². The molecule has 0 aromatic carbocycles. The van der Waals surface area contributed by atoms with E-state index in [-0.39, 0.29) is 25.2 Å². The van der Waals surface area contributed by atoms with Crippen LogP contribution in [-0.2, 0) is 23.8 Å². The van der Waals surface area contributed by atoms with Gasteiger partial charge in [0.1, 0.15) is 6.61 Å². The monoisotopic (exact) mass is 865 g/mol. The highest BCUT2D eigenvalue weighted by Gasteiger charge is 2.17. The molecule has 0 bridgehead atoms. The molecule has 5 heteroatoms. The van der Waals surface area contributed by atoms with Crippen LogP contribution < -0.4 is 0 Å². The molecule has 0 aromatic rings. The molecule has 0 aliphatic heterocycles. The van der Waals surface area contributed by atoms with E-state index in [1.165, 1.54) is 128 Å². The van der Waals surface area contributed by atoms with Crippen LogP contribution in [0.4, 0.5) is 0 Å². The number of carbonyl (C=O) groups is 2. The molecule has 0 radical (unpaired) electrons. The largest absolute Gasteiger partial charge is 0.462 e. The van der Waals surface area contributed by atoms with Crippen LogP contribution in [0.1, 0.15) is 252 Å². The van der Waals surface area contributed by atoms with Crippen molar-refractivity contribution in [3.63, 3.8) is 0 Å². The molecule has 0 rings (SSSR count). The van der Waals surface area contributed by atoms with Gasteiger partial charge in [0.25, 0.3) is 0 Å². The summed E-state index contributed by atoms with van der Waals surface area (Å²) in [5.41, 5.74) is 0. The van der Waals surface area contributed by atoms with Crippen LogP contribution in [0.15, 0.2) is 72.9 Å². The standard InChI is InChI=1S/C57H100O5/c1-4-7-10-13-16-19-22-24-26-28-29-31-32-34-36-38-41-44-47-50-56(58)61-54-55(53-60-52-49-46-43-40-21-18-15-12-9-6-3)62-57(59)51-48-45-42-39-37-35-33-30-27-25-23-20-17-14-11-8-5-2/h7,10,16-17,19-20,24-27,29,31,55H,4-6,8-9,11-15,18,21-23,28,30,32-54H2,1-3H3/b10-7-,19-16-,20-17-,26-24-,27-25-,31-29-. The van der Waals surface area contributed by atoms with Gasteiger partial charge in [-0.15, -0.1) is 0 Å². The molecular weight excluding hydrogens is 765 g/mol. The zero-order chi connectivity index (χ0) is 44.9. The molecule has 0 aromatic heterocycles. The summed E-state index contributed by atoms with van der Waals surface area (Å²) in [7, 11) is 0. The molecule has 62 heavy (non-hydrogen) atoms. The summed E-state index contributed by atoms with van der Waals surface area (Å²) in [5, 5.41) is 0. The van der Waals surface area contributed by atoms with Crippen molar-refractivity contribution in [2.24, 2.45) is 0 Å². The quantitative estimate of drug-likeness (QED) is 0.0346. The van der Waals surface area contributed by atoms with E-state index >= 15 is 0 Å². The Balaban J connectivity index is 4.25. The molecule has 1 atom stereocenters. The second-order valence-corrected chi connectivity index (χ2v) is 17.4. The van der Waals surface area contributed by atoms with Crippen LogP contribution in [0, 0.1) is 0 Å². The lowest BCUT2D eigenvalue weighted by molar-refractivity contribution is -0.163. The van der Waals surface area contributed by atoms with Gasteiger partial charge in [-0.25, -0.2) is 0 Å². The minimum Gasteiger partial charge on any atom is -0.462 e. The third kappa shape index (κ3) is 50.0. The first-order chi connectivity index (χ1) is 30.6. The van der Waals surface area contributed by atoms with Gasteiger partial charge in [-0.05, 0) is 89.9 Å². The van der Waals surface area contributed by atoms with Crippen LogP contribution >= 0.6 is 0 Å². The van der Waals surface area contributed by atoms with E-state index in [0.717, 1.165) is 89.9 Å². The van der Waals surface area contributed by atoms with Crippen LogP contribution in [0.5, 0.6) is 0 Å². The highest BCUT2D eigenvalue weighted by Crippen LogP contribution is 2.14. The molecule has 0 heterocycles. The van der Waals surface area contributed by atoms with Gasteiger partial charge in [-0.2, -0.15) is 0 Å². The molecular formula is C57H100O5. The number of hydrogen-bond acceptors (Lipinski definition) is 5. The van der Waals surface area contributed by atoms with E-state index in [4.69, 9.17) is 14.2 Å². The second-order valence-electron chi connectivity index (χ2n) is 17.4. The van der Waals surface area contributed by atoms with Crippen LogP contribution in [0.25, 0.3) is 0 Å². The highest BCUT2D eigenvalue weighted by molar-refractivity contribution is 5.70. The minimum atomic E-state index is -0.546. The summed E-state index contributed by atoms with van der Waals surface area (Å²) < 4.78 is 17.4. The average molecular weight is 865 g/mol. The van der Waals surface area contributed by atoms with E-state index in [0.29, 0.717) is 19.4 Å². The van der Waals surface area contributed by atoms with Crippen molar-refractivity contribution in [2.75, 3.05) is 19.8 Å². The Bertz CT molecular complexity index is 1110. The van der Waals surface area contributed by atoms with Gasteiger partial charge in [0.05, 0.1) is 6.61 Å². The molecule has 358 valence electrons. The second kappa shape index (κ2) is 52.7. The van der Waals surface area contributed by atoms with Gasteiger partial charge in [0.2, 0.25) is 0 Å². The van der Waals surface area contributed by atoms with E-state index in [1.54, 1.807) is 0 Å². The Hall–Kier alpha value is -2.66. The fourth-order valence-electron chi connectivity index (χ4n) is 7.30. The number of rotatable bonds is 48. The van der Waals surface area contributed by atoms with Crippen molar-refractivity contribution in [3.05, 3.63) is 72.9 Å². The van der Waals surface area contributed by atoms with Gasteiger partial charge < -0.3 is 14.2 Å². The first-order valence-corrected chi connectivity index (χ1v) is 26.5. The van der Waals surface area contributed by atoms with Gasteiger partial charge in [0, 0.05) is 19.4 Å². The number of allylic oxidation sites excluding steroid dienone is 12. The Morgan fingerprint density at radius 1 is 0.371 bits per heavy atom. The van der Waals surface area contributed by atoms with Crippen molar-refractivity contribution in [2.45, 2.75) is 258 Å². The SMILES string of the molecule is CC/C=C\C/C=C\C/C=C\C/C=C\CCCCCCCCC(=O)OCC(COCCCCCCCCCCCC)OC(=O)CCCCCCCCC/C=C\C/C=C\CCCCC. The predicted octanol–water partition coefficient (Wildman–Crippen LogP) is 17.9. The molecule has 1 unspecified atom stereocenters. The van der Waals surface area contributed by atoms with Crippen molar-refractivity contribution < 1.29 is 23.8 Å². The maximum Gasteiger partial charge on any atom is 0.306 e. The zero-order valence-electron chi connectivity index (χ0n) is 41.1. The van der Waals surface area contributed by atoms with Gasteiger partial charge in [0.15, 0.2) is 6.10 Å². The maximum atomic E-state index is 12.8. The smallest absolute Gasteiger partial charge is 0.306 e. The van der Waals surface area contributed by atoms with Crippen LogP contribution in [-0.4, -0.2) is 37.9 Å². The number of esters is 2. The summed E-state index contributed by atoms with van der Waals surface area (Å²) >= 11 is 0. The maximum absolute atomic E-state index is 12.8. The molecule has 0 spiro atoms. The number of hydrogen-bond donors (Lipinski definition) is 0. The fraction of sp³-hybridized carbons (Fsp3) is 0.754. The summed E-state index contributed by atoms with van der Waals surface area (Å²) in [6.45, 7) is 7.68. The molecule has 0 fully saturated rings. The molecule has 0 aliphatic carbocycles. The van der Waals surface area contributed by atoms with E-state index in [1.807, 2.05) is 0 Å². The third-order valence-electron chi connectivity index (χ3n) is 11.2. The lowest BCUT2D eigenvalue weighted by Crippen LogP contribution is -2.30. The Morgan fingerprint density at radius 2 is 0.726 bits per heavy atom. The highest BCUT2D eigenvalue weighted by atomic mass is 16.6. The Labute approximate surface area is 385 Å². The Morgan fingerprint density at radius 3 is 1.19 bits per heavy atom. The van der Waals surface area contributed by atoms with Crippen molar-refractivity contribution in [1.29, 1.82) is 0 Å². The lowest BCUT2D eigenvalue weighted by atomic mass is 10.1. The molecule has 0 saturated carbocycles. The summed E-state index contributed by atoms with van der Waals surface area (Å²) in [6, 6.07) is 0. The summed E-state index contributed by atoms with van der Waals surface area (Å²) in [4.78, 5) is 25.4. The van der Waals surface area contributed by atoms with Crippen molar-refractivity contribution in [1.82, 2.24) is 0 Å². The molecule has 0 aliphatic rings. The van der Waals surface area contributed by atoms with Gasteiger partial charge in [-0.1, -0.05) is 222 Å². The van der Waals surface area contributed by atoms with E-state index < -0.39 is 6.10 Å². The predicted molar refractivity (Wildman–Crippen MR) is 270 cm³/mol. The van der Waals surface area contributed by atoms with E-state index in [9.17, 15) is 9.59 Å². The molecule has 0 saturated heterocycles. The molecule has 0 N–H and O–H groups in total. The van der Waals surface area contributed by atoms with Crippen molar-refractivity contribution in [3.8, 4) is 0 Å². The molecule has 5 nitrogen and oxygen atoms in total.